The van der Waals surface area contributed by atoms with Crippen LogP contribution in [0.5, 0.6) is 0 Å². The third-order valence-corrected chi connectivity index (χ3v) is 6.15. The van der Waals surface area contributed by atoms with Crippen LogP contribution in [0.3, 0.4) is 0 Å². The van der Waals surface area contributed by atoms with Gasteiger partial charge in [0, 0.05) is 6.04 Å². The summed E-state index contributed by atoms with van der Waals surface area (Å²) in [5.74, 6) is -1.11. The van der Waals surface area contributed by atoms with Crippen molar-refractivity contribution in [1.82, 2.24) is 4.90 Å². The van der Waals surface area contributed by atoms with E-state index in [-0.39, 0.29) is 18.2 Å². The first-order valence-corrected chi connectivity index (χ1v) is 11.2. The molecule has 3 aromatic rings. The Hall–Kier alpha value is -3.37. The van der Waals surface area contributed by atoms with Gasteiger partial charge in [0.25, 0.3) is 0 Å². The SMILES string of the molecule is CC(N(C)CC(=O)O)C(OCc1cc(C(F)(F)F)cc(C(F)(F)F)c1)(c1ccccc1)c1ccccc1. The van der Waals surface area contributed by atoms with Gasteiger partial charge in [-0.05, 0) is 48.9 Å². The molecule has 0 aliphatic rings. The van der Waals surface area contributed by atoms with Gasteiger partial charge >= 0.3 is 18.3 Å². The van der Waals surface area contributed by atoms with E-state index in [9.17, 15) is 36.2 Å². The first kappa shape index (κ1) is 28.2. The molecule has 198 valence electrons. The zero-order valence-corrected chi connectivity index (χ0v) is 20.0. The summed E-state index contributed by atoms with van der Waals surface area (Å²) in [5.41, 5.74) is -3.56. The molecule has 0 radical (unpaired) electrons. The van der Waals surface area contributed by atoms with Gasteiger partial charge in [-0.1, -0.05) is 60.7 Å². The van der Waals surface area contributed by atoms with Crippen LogP contribution in [0.25, 0.3) is 0 Å². The van der Waals surface area contributed by atoms with E-state index < -0.39 is 47.7 Å². The second kappa shape index (κ2) is 10.9. The second-order valence-corrected chi connectivity index (χ2v) is 8.66. The van der Waals surface area contributed by atoms with Crippen molar-refractivity contribution in [3.8, 4) is 0 Å². The summed E-state index contributed by atoms with van der Waals surface area (Å²) >= 11 is 0. The number of halogens is 6. The van der Waals surface area contributed by atoms with E-state index >= 15 is 0 Å². The van der Waals surface area contributed by atoms with Gasteiger partial charge in [0.05, 0.1) is 24.3 Å². The van der Waals surface area contributed by atoms with Crippen LogP contribution in [0.1, 0.15) is 34.7 Å². The fourth-order valence-corrected chi connectivity index (χ4v) is 4.27. The minimum Gasteiger partial charge on any atom is -0.480 e. The molecule has 10 heteroatoms. The number of aliphatic carboxylic acids is 1. The standard InChI is InChI=1S/C27H25F6NO3/c1-18(34(2)16-24(35)36)25(20-9-5-3-6-10-20,21-11-7-4-8-12-21)37-17-19-13-22(26(28,29)30)15-23(14-19)27(31,32)33/h3-15,18H,16-17H2,1-2H3,(H,35,36). The number of alkyl halides is 6. The zero-order valence-electron chi connectivity index (χ0n) is 20.0. The molecule has 0 heterocycles. The normalized spacial score (nSPS) is 13.5. The van der Waals surface area contributed by atoms with Gasteiger partial charge < -0.3 is 9.84 Å². The Morgan fingerprint density at radius 3 is 1.62 bits per heavy atom. The number of carboxylic acids is 1. The maximum atomic E-state index is 13.4. The lowest BCUT2D eigenvalue weighted by Crippen LogP contribution is -2.51. The molecule has 0 fully saturated rings. The topological polar surface area (TPSA) is 49.8 Å². The van der Waals surface area contributed by atoms with Crippen molar-refractivity contribution in [3.63, 3.8) is 0 Å². The lowest BCUT2D eigenvalue weighted by molar-refractivity contribution is -0.143. The van der Waals surface area contributed by atoms with Crippen molar-refractivity contribution < 1.29 is 41.0 Å². The van der Waals surface area contributed by atoms with Gasteiger partial charge in [-0.3, -0.25) is 9.69 Å². The largest absolute Gasteiger partial charge is 0.480 e. The lowest BCUT2D eigenvalue weighted by atomic mass is 9.79. The molecule has 0 amide bonds. The third-order valence-electron chi connectivity index (χ3n) is 6.15. The summed E-state index contributed by atoms with van der Waals surface area (Å²) in [4.78, 5) is 13.0. The number of carbonyl (C=O) groups is 1. The number of likely N-dealkylation sites (N-methyl/N-ethyl adjacent to an activating group) is 1. The van der Waals surface area contributed by atoms with Crippen molar-refractivity contribution in [2.24, 2.45) is 0 Å². The maximum Gasteiger partial charge on any atom is 0.416 e. The Morgan fingerprint density at radius 2 is 1.24 bits per heavy atom. The van der Waals surface area contributed by atoms with E-state index in [2.05, 4.69) is 0 Å². The van der Waals surface area contributed by atoms with E-state index in [4.69, 9.17) is 4.74 Å². The van der Waals surface area contributed by atoms with Gasteiger partial charge in [0.15, 0.2) is 0 Å². The maximum absolute atomic E-state index is 13.4. The quantitative estimate of drug-likeness (QED) is 0.320. The molecule has 0 aliphatic carbocycles. The van der Waals surface area contributed by atoms with E-state index in [0.717, 1.165) is 0 Å². The Kier molecular flexibility index (Phi) is 8.34. The number of benzene rings is 3. The van der Waals surface area contributed by atoms with Crippen LogP contribution in [-0.2, 0) is 34.1 Å². The predicted molar refractivity (Wildman–Crippen MR) is 125 cm³/mol. The molecule has 0 saturated heterocycles. The highest BCUT2D eigenvalue weighted by molar-refractivity contribution is 5.69. The molecule has 0 bridgehead atoms. The number of hydrogen-bond donors (Lipinski definition) is 1. The molecule has 0 aliphatic heterocycles. The molecule has 0 spiro atoms. The Morgan fingerprint density at radius 1 is 0.811 bits per heavy atom. The highest BCUT2D eigenvalue weighted by atomic mass is 19.4. The molecule has 1 N–H and O–H groups in total. The van der Waals surface area contributed by atoms with Crippen LogP contribution >= 0.6 is 0 Å². The van der Waals surface area contributed by atoms with Gasteiger partial charge in [-0.2, -0.15) is 26.3 Å². The summed E-state index contributed by atoms with van der Waals surface area (Å²) in [5, 5.41) is 9.37. The first-order chi connectivity index (χ1) is 17.2. The van der Waals surface area contributed by atoms with Gasteiger partial charge in [0.1, 0.15) is 5.60 Å². The summed E-state index contributed by atoms with van der Waals surface area (Å²) < 4.78 is 86.9. The average molecular weight is 525 g/mol. The molecule has 3 rings (SSSR count). The van der Waals surface area contributed by atoms with Crippen LogP contribution in [0.4, 0.5) is 26.3 Å². The number of carboxylic acid groups (broad SMARTS) is 1. The highest BCUT2D eigenvalue weighted by Gasteiger charge is 2.44. The number of hydrogen-bond acceptors (Lipinski definition) is 3. The fourth-order valence-electron chi connectivity index (χ4n) is 4.27. The Balaban J connectivity index is 2.18. The monoisotopic (exact) mass is 525 g/mol. The lowest BCUT2D eigenvalue weighted by Gasteiger charge is -2.44. The smallest absolute Gasteiger partial charge is 0.416 e. The molecule has 0 aromatic heterocycles. The van der Waals surface area contributed by atoms with Crippen LogP contribution in [-0.4, -0.2) is 35.6 Å². The number of rotatable bonds is 9. The van der Waals surface area contributed by atoms with Crippen molar-refractivity contribution >= 4 is 5.97 Å². The molecular formula is C27H25F6NO3. The van der Waals surface area contributed by atoms with Crippen LogP contribution in [0.2, 0.25) is 0 Å². The minimum atomic E-state index is -5.00. The van der Waals surface area contributed by atoms with E-state index in [1.165, 1.54) is 4.90 Å². The predicted octanol–water partition coefficient (Wildman–Crippen LogP) is 6.59. The summed E-state index contributed by atoms with van der Waals surface area (Å²) in [6, 6.07) is 17.8. The van der Waals surface area contributed by atoms with Crippen LogP contribution in [0, 0.1) is 0 Å². The number of nitrogens with zero attached hydrogens (tertiary/aromatic N) is 1. The van der Waals surface area contributed by atoms with Crippen molar-refractivity contribution in [2.45, 2.75) is 37.5 Å². The molecule has 3 aromatic carbocycles. The average Bonchev–Trinajstić information content (AvgIpc) is 2.84. The molecule has 1 unspecified atom stereocenters. The van der Waals surface area contributed by atoms with E-state index in [1.807, 2.05) is 0 Å². The Bertz CT molecular complexity index is 1120. The van der Waals surface area contributed by atoms with E-state index in [0.29, 0.717) is 23.3 Å². The second-order valence-electron chi connectivity index (χ2n) is 8.66. The highest BCUT2D eigenvalue weighted by Crippen LogP contribution is 2.41. The fraction of sp³-hybridized carbons (Fsp3) is 0.296. The van der Waals surface area contributed by atoms with Crippen molar-refractivity contribution in [1.29, 1.82) is 0 Å². The molecule has 0 saturated carbocycles. The van der Waals surface area contributed by atoms with Gasteiger partial charge in [-0.15, -0.1) is 0 Å². The van der Waals surface area contributed by atoms with Crippen molar-refractivity contribution in [2.75, 3.05) is 13.6 Å². The van der Waals surface area contributed by atoms with Gasteiger partial charge in [0.2, 0.25) is 0 Å². The summed E-state index contributed by atoms with van der Waals surface area (Å²) in [6.07, 6.45) is -10.00. The third kappa shape index (κ3) is 6.50. The molecule has 4 nitrogen and oxygen atoms in total. The number of ether oxygens (including phenoxy) is 1. The molecule has 37 heavy (non-hydrogen) atoms. The van der Waals surface area contributed by atoms with Crippen LogP contribution < -0.4 is 0 Å². The van der Waals surface area contributed by atoms with Gasteiger partial charge in [-0.25, -0.2) is 0 Å². The minimum absolute atomic E-state index is 0.0639. The van der Waals surface area contributed by atoms with Crippen LogP contribution in [0.15, 0.2) is 78.9 Å². The zero-order chi connectivity index (χ0) is 27.4. The first-order valence-electron chi connectivity index (χ1n) is 11.2. The van der Waals surface area contributed by atoms with Crippen molar-refractivity contribution in [3.05, 3.63) is 107 Å². The van der Waals surface area contributed by atoms with E-state index in [1.54, 1.807) is 74.6 Å². The Labute approximate surface area is 210 Å². The molecular weight excluding hydrogens is 500 g/mol. The summed E-state index contributed by atoms with van der Waals surface area (Å²) in [6.45, 7) is 0.700. The summed E-state index contributed by atoms with van der Waals surface area (Å²) in [7, 11) is 1.55. The molecule has 1 atom stereocenters.